The number of hydrogen-bond donors (Lipinski definition) is 1. The summed E-state index contributed by atoms with van der Waals surface area (Å²) in [5.41, 5.74) is 0.377. The van der Waals surface area contributed by atoms with E-state index in [-0.39, 0.29) is 11.1 Å². The van der Waals surface area contributed by atoms with Crippen LogP contribution < -0.4 is 0 Å². The van der Waals surface area contributed by atoms with Crippen LogP contribution >= 0.6 is 0 Å². The first-order valence-corrected chi connectivity index (χ1v) is 6.77. The molecule has 100 valence electrons. The normalized spacial score (nSPS) is 11.6. The van der Waals surface area contributed by atoms with Gasteiger partial charge in [0.25, 0.3) is 10.1 Å². The van der Waals surface area contributed by atoms with E-state index in [4.69, 9.17) is 4.55 Å². The second-order valence-electron chi connectivity index (χ2n) is 4.08. The predicted octanol–water partition coefficient (Wildman–Crippen LogP) is 3.19. The van der Waals surface area contributed by atoms with Crippen LogP contribution in [-0.4, -0.2) is 13.0 Å². The molecule has 0 unspecified atom stereocenters. The molecular weight excluding hydrogens is 274 g/mol. The molecule has 0 saturated carbocycles. The van der Waals surface area contributed by atoms with Gasteiger partial charge in [-0.2, -0.15) is 8.42 Å². The molecule has 0 bridgehead atoms. The van der Waals surface area contributed by atoms with Crippen molar-refractivity contribution in [3.8, 4) is 11.1 Å². The summed E-state index contributed by atoms with van der Waals surface area (Å²) in [6.45, 7) is 1.68. The van der Waals surface area contributed by atoms with Crippen molar-refractivity contribution in [2.24, 2.45) is 0 Å². The Morgan fingerprint density at radius 2 is 1.74 bits per heavy atom. The number of hydrogen-bond acceptors (Lipinski definition) is 2. The number of benzene rings is 2. The van der Waals surface area contributed by atoms with Crippen LogP contribution in [0.15, 0.2) is 41.3 Å². The molecule has 0 amide bonds. The summed E-state index contributed by atoms with van der Waals surface area (Å²) in [7, 11) is -4.52. The molecule has 0 fully saturated rings. The molecule has 1 N–H and O–H groups in total. The molecule has 19 heavy (non-hydrogen) atoms. The molecule has 3 nitrogen and oxygen atoms in total. The first kappa shape index (κ1) is 13.6. The Hall–Kier alpha value is -1.79. The largest absolute Gasteiger partial charge is 0.295 e. The fourth-order valence-corrected chi connectivity index (χ4v) is 2.48. The average Bonchev–Trinajstić information content (AvgIpc) is 2.31. The van der Waals surface area contributed by atoms with Gasteiger partial charge in [-0.1, -0.05) is 23.8 Å². The molecule has 2 rings (SSSR count). The molecule has 0 aliphatic carbocycles. The molecule has 6 heteroatoms. The van der Waals surface area contributed by atoms with Crippen molar-refractivity contribution < 1.29 is 21.8 Å². The Bertz CT molecular complexity index is 740. The Balaban J connectivity index is 2.82. The molecule has 0 spiro atoms. The van der Waals surface area contributed by atoms with Crippen LogP contribution in [0.1, 0.15) is 5.56 Å². The standard InChI is InChI=1S/C13H10F2O3S/c1-8-5-6-12(19(16,17)18)10(7-8)9-3-2-4-11(14)13(9)15/h2-7H,1H3,(H,16,17,18). The van der Waals surface area contributed by atoms with Crippen LogP contribution in [-0.2, 0) is 10.1 Å². The van der Waals surface area contributed by atoms with Crippen LogP contribution in [0.3, 0.4) is 0 Å². The van der Waals surface area contributed by atoms with Gasteiger partial charge >= 0.3 is 0 Å². The molecule has 0 atom stereocenters. The fourth-order valence-electron chi connectivity index (χ4n) is 1.79. The van der Waals surface area contributed by atoms with Gasteiger partial charge in [0.2, 0.25) is 0 Å². The maximum absolute atomic E-state index is 13.7. The second kappa shape index (κ2) is 4.71. The molecule has 0 saturated heterocycles. The van der Waals surface area contributed by atoms with Crippen molar-refractivity contribution in [2.45, 2.75) is 11.8 Å². The van der Waals surface area contributed by atoms with E-state index in [1.165, 1.54) is 24.3 Å². The molecule has 0 radical (unpaired) electrons. The highest BCUT2D eigenvalue weighted by molar-refractivity contribution is 7.86. The molecule has 0 aliphatic rings. The highest BCUT2D eigenvalue weighted by Gasteiger charge is 2.20. The highest BCUT2D eigenvalue weighted by atomic mass is 32.2. The molecule has 2 aromatic carbocycles. The summed E-state index contributed by atoms with van der Waals surface area (Å²) in [4.78, 5) is -0.456. The van der Waals surface area contributed by atoms with Gasteiger partial charge in [-0.3, -0.25) is 4.55 Å². The van der Waals surface area contributed by atoms with Crippen LogP contribution in [0.4, 0.5) is 8.78 Å². The van der Waals surface area contributed by atoms with Gasteiger partial charge in [0.05, 0.1) is 0 Å². The summed E-state index contributed by atoms with van der Waals surface area (Å²) in [5, 5.41) is 0. The van der Waals surface area contributed by atoms with E-state index in [1.54, 1.807) is 6.92 Å². The quantitative estimate of drug-likeness (QED) is 0.862. The van der Waals surface area contributed by atoms with Crippen molar-refractivity contribution in [3.63, 3.8) is 0 Å². The van der Waals surface area contributed by atoms with E-state index in [9.17, 15) is 17.2 Å². The number of halogens is 2. The maximum Gasteiger partial charge on any atom is 0.295 e. The zero-order chi connectivity index (χ0) is 14.2. The van der Waals surface area contributed by atoms with E-state index in [0.29, 0.717) is 5.56 Å². The lowest BCUT2D eigenvalue weighted by Gasteiger charge is -2.10. The zero-order valence-corrected chi connectivity index (χ0v) is 10.7. The summed E-state index contributed by atoms with van der Waals surface area (Å²) >= 11 is 0. The first-order valence-electron chi connectivity index (χ1n) is 5.33. The van der Waals surface area contributed by atoms with Crippen molar-refractivity contribution in [1.29, 1.82) is 0 Å². The first-order chi connectivity index (χ1) is 8.80. The predicted molar refractivity (Wildman–Crippen MR) is 66.3 cm³/mol. The van der Waals surface area contributed by atoms with Crippen LogP contribution in [0.5, 0.6) is 0 Å². The molecule has 0 aromatic heterocycles. The van der Waals surface area contributed by atoms with Crippen molar-refractivity contribution >= 4 is 10.1 Å². The average molecular weight is 284 g/mol. The van der Waals surface area contributed by atoms with E-state index >= 15 is 0 Å². The van der Waals surface area contributed by atoms with Gasteiger partial charge in [0, 0.05) is 11.1 Å². The summed E-state index contributed by atoms with van der Waals surface area (Å²) < 4.78 is 58.6. The SMILES string of the molecule is Cc1ccc(S(=O)(=O)O)c(-c2cccc(F)c2F)c1. The Morgan fingerprint density at radius 1 is 1.05 bits per heavy atom. The van der Waals surface area contributed by atoms with Crippen molar-refractivity contribution in [2.75, 3.05) is 0 Å². The van der Waals surface area contributed by atoms with E-state index < -0.39 is 26.6 Å². The number of aryl methyl sites for hydroxylation is 1. The molecule has 0 aliphatic heterocycles. The second-order valence-corrected chi connectivity index (χ2v) is 5.47. The lowest BCUT2D eigenvalue weighted by Crippen LogP contribution is -2.02. The molecule has 2 aromatic rings. The van der Waals surface area contributed by atoms with Gasteiger partial charge < -0.3 is 0 Å². The van der Waals surface area contributed by atoms with Gasteiger partial charge in [0.1, 0.15) is 4.90 Å². The Labute approximate surface area is 109 Å². The van der Waals surface area contributed by atoms with Gasteiger partial charge in [0.15, 0.2) is 11.6 Å². The minimum Gasteiger partial charge on any atom is -0.282 e. The third-order valence-electron chi connectivity index (χ3n) is 2.65. The monoisotopic (exact) mass is 284 g/mol. The third-order valence-corrected chi connectivity index (χ3v) is 3.57. The Morgan fingerprint density at radius 3 is 2.37 bits per heavy atom. The van der Waals surface area contributed by atoms with E-state index in [1.807, 2.05) is 0 Å². The summed E-state index contributed by atoms with van der Waals surface area (Å²) in [6, 6.07) is 7.45. The highest BCUT2D eigenvalue weighted by Crippen LogP contribution is 2.31. The minimum absolute atomic E-state index is 0.0699. The molecular formula is C13H10F2O3S. The van der Waals surface area contributed by atoms with Crippen LogP contribution in [0.25, 0.3) is 11.1 Å². The topological polar surface area (TPSA) is 54.4 Å². The van der Waals surface area contributed by atoms with E-state index in [2.05, 4.69) is 0 Å². The lowest BCUT2D eigenvalue weighted by molar-refractivity contribution is 0.483. The number of rotatable bonds is 2. The minimum atomic E-state index is -4.52. The van der Waals surface area contributed by atoms with Crippen LogP contribution in [0.2, 0.25) is 0 Å². The summed E-state index contributed by atoms with van der Waals surface area (Å²) in [6.07, 6.45) is 0. The smallest absolute Gasteiger partial charge is 0.282 e. The summed E-state index contributed by atoms with van der Waals surface area (Å²) in [5.74, 6) is -2.24. The fraction of sp³-hybridized carbons (Fsp3) is 0.0769. The van der Waals surface area contributed by atoms with Crippen molar-refractivity contribution in [3.05, 3.63) is 53.6 Å². The van der Waals surface area contributed by atoms with Crippen molar-refractivity contribution in [1.82, 2.24) is 0 Å². The van der Waals surface area contributed by atoms with Crippen LogP contribution in [0, 0.1) is 18.6 Å². The zero-order valence-electron chi connectivity index (χ0n) is 9.89. The third kappa shape index (κ3) is 2.64. The molecule has 0 heterocycles. The van der Waals surface area contributed by atoms with E-state index in [0.717, 1.165) is 12.1 Å². The van der Waals surface area contributed by atoms with Gasteiger partial charge in [-0.25, -0.2) is 8.78 Å². The lowest BCUT2D eigenvalue weighted by atomic mass is 10.0. The van der Waals surface area contributed by atoms with Gasteiger partial charge in [-0.05, 0) is 25.1 Å². The maximum atomic E-state index is 13.7. The Kier molecular flexibility index (Phi) is 3.38. The van der Waals surface area contributed by atoms with Gasteiger partial charge in [-0.15, -0.1) is 0 Å².